The summed E-state index contributed by atoms with van der Waals surface area (Å²) >= 11 is 0. The topological polar surface area (TPSA) is 20.3 Å². The number of fused-ring (bicyclic) bond motifs is 2. The van der Waals surface area contributed by atoms with Crippen LogP contribution < -0.4 is 0 Å². The highest BCUT2D eigenvalue weighted by Gasteiger charge is 2.45. The Morgan fingerprint density at radius 3 is 2.27 bits per heavy atom. The molecule has 2 fully saturated rings. The molecular weight excluding hydrogens is 450 g/mol. The molecule has 0 bridgehead atoms. The summed E-state index contributed by atoms with van der Waals surface area (Å²) in [6.07, 6.45) is 9.82. The highest BCUT2D eigenvalue weighted by Crippen LogP contribution is 2.48. The van der Waals surface area contributed by atoms with E-state index in [4.69, 9.17) is 0 Å². The summed E-state index contributed by atoms with van der Waals surface area (Å²) in [5.74, 6) is 1.34. The summed E-state index contributed by atoms with van der Waals surface area (Å²) in [6.45, 7) is 10.9. The maximum atomic E-state index is 12.9. The average molecular weight is 492 g/mol. The van der Waals surface area contributed by atoms with Crippen LogP contribution in [0.2, 0.25) is 0 Å². The smallest absolute Gasteiger partial charge is 0.193 e. The Balaban J connectivity index is 0.00000137. The first kappa shape index (κ1) is 25.7. The van der Waals surface area contributed by atoms with Gasteiger partial charge in [0.15, 0.2) is 5.78 Å². The van der Waals surface area contributed by atoms with Gasteiger partial charge >= 0.3 is 0 Å². The maximum absolute atomic E-state index is 12.9. The van der Waals surface area contributed by atoms with Gasteiger partial charge in [0.25, 0.3) is 0 Å². The molecule has 2 nitrogen and oxygen atoms in total. The summed E-state index contributed by atoms with van der Waals surface area (Å²) < 4.78 is 0. The molecule has 4 unspecified atom stereocenters. The summed E-state index contributed by atoms with van der Waals surface area (Å²) in [7, 11) is 0. The first-order valence-electron chi connectivity index (χ1n) is 14.3. The lowest BCUT2D eigenvalue weighted by Gasteiger charge is -2.46. The van der Waals surface area contributed by atoms with Crippen molar-refractivity contribution in [3.8, 4) is 0 Å². The minimum absolute atomic E-state index is 0.111. The van der Waals surface area contributed by atoms with E-state index >= 15 is 0 Å². The maximum Gasteiger partial charge on any atom is 0.193 e. The number of piperidine rings is 1. The van der Waals surface area contributed by atoms with Gasteiger partial charge in [-0.3, -0.25) is 4.79 Å². The number of nitrogens with zero attached hydrogens (tertiary/aromatic N) is 1. The van der Waals surface area contributed by atoms with Gasteiger partial charge in [0.1, 0.15) is 0 Å². The number of carbonyl (C=O) groups is 1. The van der Waals surface area contributed by atoms with E-state index in [0.29, 0.717) is 17.9 Å². The van der Waals surface area contributed by atoms with Crippen molar-refractivity contribution in [1.82, 2.24) is 4.90 Å². The van der Waals surface area contributed by atoms with Gasteiger partial charge in [-0.1, -0.05) is 111 Å². The number of allylic oxidation sites excluding steroid dienone is 1. The van der Waals surface area contributed by atoms with Crippen LogP contribution in [-0.4, -0.2) is 29.8 Å². The van der Waals surface area contributed by atoms with Crippen molar-refractivity contribution in [2.24, 2.45) is 5.92 Å². The quantitative estimate of drug-likeness (QED) is 0.343. The number of benzene rings is 3. The third kappa shape index (κ3) is 4.84. The zero-order valence-electron chi connectivity index (χ0n) is 22.9. The van der Waals surface area contributed by atoms with E-state index in [2.05, 4.69) is 60.4 Å². The molecule has 1 spiro atoms. The molecule has 2 heteroatoms. The van der Waals surface area contributed by atoms with Crippen LogP contribution in [-0.2, 0) is 5.41 Å². The predicted molar refractivity (Wildman–Crippen MR) is 155 cm³/mol. The van der Waals surface area contributed by atoms with Crippen molar-refractivity contribution in [2.75, 3.05) is 13.1 Å². The molecule has 0 radical (unpaired) electrons. The van der Waals surface area contributed by atoms with Crippen molar-refractivity contribution >= 4 is 11.9 Å². The molecule has 3 aliphatic rings. The lowest BCUT2D eigenvalue weighted by Crippen LogP contribution is -2.50. The van der Waals surface area contributed by atoms with E-state index in [0.717, 1.165) is 11.1 Å². The first-order valence-corrected chi connectivity index (χ1v) is 14.3. The number of aryl methyl sites for hydroxylation is 1. The molecule has 0 aromatic heterocycles. The Morgan fingerprint density at radius 2 is 1.57 bits per heavy atom. The van der Waals surface area contributed by atoms with Crippen LogP contribution in [0.3, 0.4) is 0 Å². The highest BCUT2D eigenvalue weighted by molar-refractivity contribution is 6.09. The number of carbonyl (C=O) groups excluding carboxylic acids is 1. The van der Waals surface area contributed by atoms with Crippen molar-refractivity contribution in [1.29, 1.82) is 0 Å². The highest BCUT2D eigenvalue weighted by atomic mass is 16.1. The summed E-state index contributed by atoms with van der Waals surface area (Å²) in [5, 5.41) is 0. The fraction of sp³-hybridized carbons (Fsp3) is 0.400. The molecule has 1 saturated carbocycles. The zero-order valence-corrected chi connectivity index (χ0v) is 22.9. The Hall–Kier alpha value is -2.97. The monoisotopic (exact) mass is 491 g/mol. The molecule has 192 valence electrons. The molecule has 0 N–H and O–H groups in total. The number of rotatable bonds is 4. The minimum atomic E-state index is 0.111. The largest absolute Gasteiger partial charge is 0.300 e. The standard InChI is InChI=1S/C33H35NO.C2H6/c1-23-7-9-27(10-8-23)32(35)28-13-11-25(12-14-28)29-15-16-30(21-29)34-20-19-33(24(2)22-34)18-17-26-5-3-4-6-31(26)33;1-2/h3-14,17-18,24,29-30H,15-16,19-22H2,1-2H3;1-2H3. The molecule has 0 amide bonds. The van der Waals surface area contributed by atoms with Gasteiger partial charge in [0, 0.05) is 29.1 Å². The number of likely N-dealkylation sites (tertiary alicyclic amines) is 1. The lowest BCUT2D eigenvalue weighted by molar-refractivity contribution is 0.0898. The van der Waals surface area contributed by atoms with Gasteiger partial charge in [0.2, 0.25) is 0 Å². The van der Waals surface area contributed by atoms with E-state index in [1.807, 2.05) is 57.2 Å². The molecule has 3 aromatic carbocycles. The zero-order chi connectivity index (χ0) is 26.0. The van der Waals surface area contributed by atoms with Crippen molar-refractivity contribution in [2.45, 2.75) is 70.8 Å². The fourth-order valence-electron chi connectivity index (χ4n) is 6.93. The lowest BCUT2D eigenvalue weighted by atomic mass is 9.68. The van der Waals surface area contributed by atoms with Gasteiger partial charge in [-0.2, -0.15) is 0 Å². The van der Waals surface area contributed by atoms with Gasteiger partial charge in [-0.25, -0.2) is 0 Å². The minimum Gasteiger partial charge on any atom is -0.300 e. The number of ketones is 1. The van der Waals surface area contributed by atoms with Gasteiger partial charge in [-0.05, 0) is 67.7 Å². The van der Waals surface area contributed by atoms with Crippen molar-refractivity contribution < 1.29 is 4.79 Å². The molecule has 1 saturated heterocycles. The molecule has 4 atom stereocenters. The van der Waals surface area contributed by atoms with E-state index in [1.165, 1.54) is 61.0 Å². The fourth-order valence-corrected chi connectivity index (χ4v) is 6.93. The molecule has 2 aliphatic carbocycles. The van der Waals surface area contributed by atoms with Gasteiger partial charge < -0.3 is 4.90 Å². The molecule has 1 aliphatic heterocycles. The summed E-state index contributed by atoms with van der Waals surface area (Å²) in [4.78, 5) is 15.6. The first-order chi connectivity index (χ1) is 18.0. The summed E-state index contributed by atoms with van der Waals surface area (Å²) in [5.41, 5.74) is 7.30. The SMILES string of the molecule is CC.Cc1ccc(C(=O)c2ccc(C3CCC(N4CCC5(C=Cc6ccccc65)C(C)C4)C3)cc2)cc1. The average Bonchev–Trinajstić information content (AvgIpc) is 3.58. The molecular formula is C35H41NO. The molecule has 3 aromatic rings. The van der Waals surface area contributed by atoms with Crippen molar-refractivity contribution in [3.05, 3.63) is 112 Å². The Kier molecular flexibility index (Phi) is 7.49. The van der Waals surface area contributed by atoms with E-state index in [9.17, 15) is 4.79 Å². The normalized spacial score (nSPS) is 26.5. The van der Waals surface area contributed by atoms with Crippen LogP contribution in [0.4, 0.5) is 0 Å². The van der Waals surface area contributed by atoms with Crippen LogP contribution in [0.5, 0.6) is 0 Å². The molecule has 1 heterocycles. The predicted octanol–water partition coefficient (Wildman–Crippen LogP) is 8.19. The molecule has 37 heavy (non-hydrogen) atoms. The molecule has 6 rings (SSSR count). The third-order valence-electron chi connectivity index (χ3n) is 9.10. The van der Waals surface area contributed by atoms with E-state index < -0.39 is 0 Å². The number of hydrogen-bond acceptors (Lipinski definition) is 2. The Morgan fingerprint density at radius 1 is 0.892 bits per heavy atom. The Labute approximate surface area is 223 Å². The van der Waals surface area contributed by atoms with Crippen LogP contribution >= 0.6 is 0 Å². The van der Waals surface area contributed by atoms with E-state index in [-0.39, 0.29) is 11.2 Å². The third-order valence-corrected chi connectivity index (χ3v) is 9.10. The van der Waals surface area contributed by atoms with E-state index in [1.54, 1.807) is 0 Å². The second-order valence-corrected chi connectivity index (χ2v) is 11.1. The number of hydrogen-bond donors (Lipinski definition) is 0. The van der Waals surface area contributed by atoms with Crippen LogP contribution in [0.15, 0.2) is 78.9 Å². The summed E-state index contributed by atoms with van der Waals surface area (Å²) in [6, 6.07) is 26.0. The van der Waals surface area contributed by atoms with Crippen LogP contribution in [0.1, 0.15) is 90.5 Å². The van der Waals surface area contributed by atoms with Gasteiger partial charge in [-0.15, -0.1) is 0 Å². The second-order valence-electron chi connectivity index (χ2n) is 11.1. The second kappa shape index (κ2) is 10.8. The van der Waals surface area contributed by atoms with Gasteiger partial charge in [0.05, 0.1) is 0 Å². The Bertz CT molecular complexity index is 1260. The van der Waals surface area contributed by atoms with Crippen LogP contribution in [0, 0.1) is 12.8 Å². The van der Waals surface area contributed by atoms with Crippen molar-refractivity contribution in [3.63, 3.8) is 0 Å². The van der Waals surface area contributed by atoms with Crippen LogP contribution in [0.25, 0.3) is 6.08 Å².